The van der Waals surface area contributed by atoms with E-state index in [1.807, 2.05) is 24.3 Å². The lowest BCUT2D eigenvalue weighted by Crippen LogP contribution is -2.00. The van der Waals surface area contributed by atoms with E-state index < -0.39 is 17.0 Å². The highest BCUT2D eigenvalue weighted by Crippen LogP contribution is 2.32. The lowest BCUT2D eigenvalue weighted by Gasteiger charge is -2.13. The van der Waals surface area contributed by atoms with Gasteiger partial charge in [-0.05, 0) is 58.8 Å². The Morgan fingerprint density at radius 1 is 1.11 bits per heavy atom. The summed E-state index contributed by atoms with van der Waals surface area (Å²) in [5.74, 6) is -1.17. The maximum atomic E-state index is 13.7. The zero-order chi connectivity index (χ0) is 13.3. The van der Waals surface area contributed by atoms with E-state index in [0.717, 1.165) is 15.2 Å². The predicted molar refractivity (Wildman–Crippen MR) is 78.0 cm³/mol. The molecule has 94 valence electrons. The highest BCUT2D eigenvalue weighted by Gasteiger charge is 2.17. The Balaban J connectivity index is 2.46. The van der Waals surface area contributed by atoms with Crippen LogP contribution in [0.5, 0.6) is 0 Å². The summed E-state index contributed by atoms with van der Waals surface area (Å²) in [5, 5.41) is -0.612. The number of alkyl halides is 1. The van der Waals surface area contributed by atoms with Crippen molar-refractivity contribution in [3.8, 4) is 0 Å². The molecule has 18 heavy (non-hydrogen) atoms. The number of rotatable bonds is 2. The van der Waals surface area contributed by atoms with Crippen molar-refractivity contribution in [3.05, 3.63) is 68.3 Å². The van der Waals surface area contributed by atoms with Crippen molar-refractivity contribution in [2.45, 2.75) is 12.3 Å². The molecule has 1 unspecified atom stereocenters. The second-order valence-corrected chi connectivity index (χ2v) is 5.72. The molecule has 0 aliphatic rings. The van der Waals surface area contributed by atoms with Crippen molar-refractivity contribution < 1.29 is 8.78 Å². The Morgan fingerprint density at radius 3 is 2.50 bits per heavy atom. The van der Waals surface area contributed by atoms with E-state index in [4.69, 9.17) is 11.6 Å². The molecule has 0 bridgehead atoms. The fraction of sp³-hybridized carbons (Fsp3) is 0.143. The van der Waals surface area contributed by atoms with Gasteiger partial charge in [0.25, 0.3) is 0 Å². The zero-order valence-electron chi connectivity index (χ0n) is 9.55. The second kappa shape index (κ2) is 5.53. The SMILES string of the molecule is Cc1cc(C(Cl)c2cccc(I)c2)c(F)cc1F. The Labute approximate surface area is 123 Å². The molecule has 2 aromatic rings. The van der Waals surface area contributed by atoms with Crippen molar-refractivity contribution in [3.63, 3.8) is 0 Å². The van der Waals surface area contributed by atoms with Gasteiger partial charge in [0, 0.05) is 15.2 Å². The first-order valence-electron chi connectivity index (χ1n) is 5.34. The molecule has 4 heteroatoms. The molecule has 2 aromatic carbocycles. The molecule has 0 radical (unpaired) electrons. The minimum atomic E-state index is -0.614. The van der Waals surface area contributed by atoms with Crippen LogP contribution in [0.3, 0.4) is 0 Å². The molecule has 0 aliphatic heterocycles. The van der Waals surface area contributed by atoms with Crippen LogP contribution in [0, 0.1) is 22.1 Å². The van der Waals surface area contributed by atoms with Crippen molar-refractivity contribution in [1.29, 1.82) is 0 Å². The monoisotopic (exact) mass is 378 g/mol. The van der Waals surface area contributed by atoms with Crippen LogP contribution < -0.4 is 0 Å². The first kappa shape index (κ1) is 13.7. The fourth-order valence-corrected chi connectivity index (χ4v) is 2.59. The first-order valence-corrected chi connectivity index (χ1v) is 6.85. The van der Waals surface area contributed by atoms with Crippen molar-refractivity contribution in [1.82, 2.24) is 0 Å². The van der Waals surface area contributed by atoms with E-state index in [9.17, 15) is 8.78 Å². The van der Waals surface area contributed by atoms with Crippen molar-refractivity contribution in [2.75, 3.05) is 0 Å². The van der Waals surface area contributed by atoms with E-state index >= 15 is 0 Å². The van der Waals surface area contributed by atoms with Crippen LogP contribution in [0.15, 0.2) is 36.4 Å². The smallest absolute Gasteiger partial charge is 0.131 e. The Bertz CT molecular complexity index is 584. The third-order valence-corrected chi connectivity index (χ3v) is 3.85. The number of halogens is 4. The highest BCUT2D eigenvalue weighted by atomic mass is 127. The first-order chi connectivity index (χ1) is 8.49. The van der Waals surface area contributed by atoms with Gasteiger partial charge in [0.05, 0.1) is 5.38 Å². The number of aryl methyl sites for hydroxylation is 1. The summed E-state index contributed by atoms with van der Waals surface area (Å²) in [4.78, 5) is 0. The molecule has 0 aliphatic carbocycles. The van der Waals surface area contributed by atoms with Crippen molar-refractivity contribution >= 4 is 34.2 Å². The summed E-state index contributed by atoms with van der Waals surface area (Å²) in [6.45, 7) is 1.59. The van der Waals surface area contributed by atoms with Crippen LogP contribution in [0.2, 0.25) is 0 Å². The van der Waals surface area contributed by atoms with Gasteiger partial charge in [0.2, 0.25) is 0 Å². The topological polar surface area (TPSA) is 0 Å². The molecule has 1 atom stereocenters. The van der Waals surface area contributed by atoms with Crippen LogP contribution in [0.4, 0.5) is 8.78 Å². The summed E-state index contributed by atoms with van der Waals surface area (Å²) in [6, 6.07) is 9.85. The van der Waals surface area contributed by atoms with Gasteiger partial charge in [-0.3, -0.25) is 0 Å². The summed E-state index contributed by atoms with van der Waals surface area (Å²) in [7, 11) is 0. The van der Waals surface area contributed by atoms with Crippen LogP contribution in [-0.4, -0.2) is 0 Å². The summed E-state index contributed by atoms with van der Waals surface area (Å²) >= 11 is 8.43. The number of benzene rings is 2. The highest BCUT2D eigenvalue weighted by molar-refractivity contribution is 14.1. The van der Waals surface area contributed by atoms with Gasteiger partial charge in [0.15, 0.2) is 0 Å². The maximum Gasteiger partial charge on any atom is 0.131 e. The average Bonchev–Trinajstić information content (AvgIpc) is 2.33. The molecule has 0 N–H and O–H groups in total. The van der Waals surface area contributed by atoms with Gasteiger partial charge >= 0.3 is 0 Å². The van der Waals surface area contributed by atoms with Crippen LogP contribution in [-0.2, 0) is 0 Å². The van der Waals surface area contributed by atoms with Gasteiger partial charge in [-0.25, -0.2) is 8.78 Å². The van der Waals surface area contributed by atoms with E-state index in [1.54, 1.807) is 6.92 Å². The van der Waals surface area contributed by atoms with Crippen LogP contribution >= 0.6 is 34.2 Å². The largest absolute Gasteiger partial charge is 0.207 e. The molecule has 0 amide bonds. The Hall–Kier alpha value is -0.680. The van der Waals surface area contributed by atoms with Crippen LogP contribution in [0.1, 0.15) is 22.1 Å². The normalized spacial score (nSPS) is 12.5. The molecule has 0 spiro atoms. The predicted octanol–water partition coefficient (Wildman–Crippen LogP) is 5.21. The number of hydrogen-bond acceptors (Lipinski definition) is 0. The Kier molecular flexibility index (Phi) is 4.22. The lowest BCUT2D eigenvalue weighted by molar-refractivity contribution is 0.568. The standard InChI is InChI=1S/C14H10ClF2I/c1-8-5-11(13(17)7-12(8)16)14(15)9-3-2-4-10(18)6-9/h2-7,14H,1H3. The van der Waals surface area contributed by atoms with Gasteiger partial charge < -0.3 is 0 Å². The molecule has 0 saturated heterocycles. The van der Waals surface area contributed by atoms with Gasteiger partial charge in [-0.1, -0.05) is 12.1 Å². The molecule has 0 fully saturated rings. The fourth-order valence-electron chi connectivity index (χ4n) is 1.72. The van der Waals surface area contributed by atoms with Gasteiger partial charge in [-0.15, -0.1) is 11.6 Å². The second-order valence-electron chi connectivity index (χ2n) is 4.04. The molecular formula is C14H10ClF2I. The minimum Gasteiger partial charge on any atom is -0.207 e. The minimum absolute atomic E-state index is 0.303. The molecule has 0 saturated carbocycles. The van der Waals surface area contributed by atoms with E-state index in [-0.39, 0.29) is 0 Å². The van der Waals surface area contributed by atoms with E-state index in [2.05, 4.69) is 22.6 Å². The molecule has 2 rings (SSSR count). The summed E-state index contributed by atoms with van der Waals surface area (Å²) in [6.07, 6.45) is 0. The molecule has 0 nitrogen and oxygen atoms in total. The van der Waals surface area contributed by atoms with Gasteiger partial charge in [0.1, 0.15) is 11.6 Å². The Morgan fingerprint density at radius 2 is 1.83 bits per heavy atom. The lowest BCUT2D eigenvalue weighted by atomic mass is 10.0. The zero-order valence-corrected chi connectivity index (χ0v) is 12.5. The number of hydrogen-bond donors (Lipinski definition) is 0. The molecule has 0 heterocycles. The molecular weight excluding hydrogens is 369 g/mol. The quantitative estimate of drug-likeness (QED) is 0.497. The summed E-state index contributed by atoms with van der Waals surface area (Å²) < 4.78 is 28.0. The average molecular weight is 379 g/mol. The third kappa shape index (κ3) is 2.83. The van der Waals surface area contributed by atoms with Gasteiger partial charge in [-0.2, -0.15) is 0 Å². The van der Waals surface area contributed by atoms with E-state index in [0.29, 0.717) is 11.1 Å². The molecule has 0 aromatic heterocycles. The van der Waals surface area contributed by atoms with E-state index in [1.165, 1.54) is 6.07 Å². The van der Waals surface area contributed by atoms with Crippen LogP contribution in [0.25, 0.3) is 0 Å². The summed E-state index contributed by atoms with van der Waals surface area (Å²) in [5.41, 5.74) is 1.49. The van der Waals surface area contributed by atoms with Crippen molar-refractivity contribution in [2.24, 2.45) is 0 Å². The third-order valence-electron chi connectivity index (χ3n) is 2.69. The maximum absolute atomic E-state index is 13.7.